The quantitative estimate of drug-likeness (QED) is 0.895. The zero-order valence-electron chi connectivity index (χ0n) is 10.6. The molecule has 0 radical (unpaired) electrons. The van der Waals surface area contributed by atoms with Crippen LogP contribution in [0.4, 0.5) is 0 Å². The highest BCUT2D eigenvalue weighted by molar-refractivity contribution is 7.08. The Bertz CT molecular complexity index is 482. The molecule has 0 aliphatic carbocycles. The maximum absolute atomic E-state index is 12.3. The number of aliphatic carboxylic acids is 1. The van der Waals surface area contributed by atoms with E-state index in [-0.39, 0.29) is 5.91 Å². The minimum atomic E-state index is -0.818. The molecule has 0 bridgehead atoms. The number of aryl methyl sites for hydroxylation is 1. The molecule has 18 heavy (non-hydrogen) atoms. The standard InChI is InChI=1S/C13H17NO3S/c1-9-6-18-7-10(9)11(15)14-5-3-4-13(2,8-14)12(16)17/h6-7H,3-5,8H2,1-2H3,(H,16,17). The molecule has 0 saturated carbocycles. The van der Waals surface area contributed by atoms with Crippen LogP contribution in [0.25, 0.3) is 0 Å². The van der Waals surface area contributed by atoms with Gasteiger partial charge in [0.1, 0.15) is 0 Å². The molecule has 4 nitrogen and oxygen atoms in total. The minimum absolute atomic E-state index is 0.0408. The lowest BCUT2D eigenvalue weighted by Gasteiger charge is -2.37. The molecule has 0 aromatic carbocycles. The van der Waals surface area contributed by atoms with Crippen LogP contribution in [0.3, 0.4) is 0 Å². The summed E-state index contributed by atoms with van der Waals surface area (Å²) >= 11 is 1.50. The third-order valence-electron chi connectivity index (χ3n) is 3.59. The van der Waals surface area contributed by atoms with Gasteiger partial charge < -0.3 is 10.0 Å². The second kappa shape index (κ2) is 4.72. The van der Waals surface area contributed by atoms with Crippen molar-refractivity contribution in [2.75, 3.05) is 13.1 Å². The Morgan fingerprint density at radius 2 is 2.17 bits per heavy atom. The van der Waals surface area contributed by atoms with E-state index in [1.165, 1.54) is 11.3 Å². The fraction of sp³-hybridized carbons (Fsp3) is 0.538. The SMILES string of the molecule is Cc1cscc1C(=O)N1CCCC(C)(C(=O)O)C1. The topological polar surface area (TPSA) is 57.6 Å². The first-order valence-corrected chi connectivity index (χ1v) is 6.94. The lowest BCUT2D eigenvalue weighted by atomic mass is 9.82. The molecular weight excluding hydrogens is 250 g/mol. The highest BCUT2D eigenvalue weighted by Crippen LogP contribution is 2.31. The van der Waals surface area contributed by atoms with Crippen molar-refractivity contribution >= 4 is 23.2 Å². The van der Waals surface area contributed by atoms with Crippen molar-refractivity contribution in [1.82, 2.24) is 4.90 Å². The summed E-state index contributed by atoms with van der Waals surface area (Å²) in [5, 5.41) is 13.0. The van der Waals surface area contributed by atoms with Gasteiger partial charge in [-0.1, -0.05) is 0 Å². The minimum Gasteiger partial charge on any atom is -0.481 e. The van der Waals surface area contributed by atoms with Crippen LogP contribution in [0, 0.1) is 12.3 Å². The number of carboxylic acid groups (broad SMARTS) is 1. The molecule has 2 rings (SSSR count). The van der Waals surface area contributed by atoms with Crippen molar-refractivity contribution in [3.8, 4) is 0 Å². The molecule has 1 unspecified atom stereocenters. The van der Waals surface area contributed by atoms with Crippen LogP contribution in [0.15, 0.2) is 10.8 Å². The second-order valence-corrected chi connectivity index (χ2v) is 5.91. The normalized spacial score (nSPS) is 24.0. The number of thiophene rings is 1. The Kier molecular flexibility index (Phi) is 3.43. The van der Waals surface area contributed by atoms with E-state index in [2.05, 4.69) is 0 Å². The summed E-state index contributed by atoms with van der Waals surface area (Å²) in [6, 6.07) is 0. The van der Waals surface area contributed by atoms with Crippen LogP contribution < -0.4 is 0 Å². The molecule has 1 N–H and O–H groups in total. The molecule has 1 fully saturated rings. The Hall–Kier alpha value is -1.36. The van der Waals surface area contributed by atoms with E-state index in [1.54, 1.807) is 11.8 Å². The van der Waals surface area contributed by atoms with E-state index < -0.39 is 11.4 Å². The van der Waals surface area contributed by atoms with Crippen molar-refractivity contribution in [3.63, 3.8) is 0 Å². The fourth-order valence-corrected chi connectivity index (χ4v) is 3.16. The van der Waals surface area contributed by atoms with Gasteiger partial charge in [0.25, 0.3) is 5.91 Å². The predicted molar refractivity (Wildman–Crippen MR) is 69.9 cm³/mol. The molecule has 1 aliphatic rings. The van der Waals surface area contributed by atoms with E-state index in [9.17, 15) is 14.7 Å². The largest absolute Gasteiger partial charge is 0.481 e. The van der Waals surface area contributed by atoms with Crippen LogP contribution in [-0.4, -0.2) is 35.0 Å². The van der Waals surface area contributed by atoms with E-state index in [4.69, 9.17) is 0 Å². The summed E-state index contributed by atoms with van der Waals surface area (Å²) in [5.74, 6) is -0.858. The summed E-state index contributed by atoms with van der Waals surface area (Å²) in [6.45, 7) is 4.58. The summed E-state index contributed by atoms with van der Waals surface area (Å²) in [4.78, 5) is 25.3. The lowest BCUT2D eigenvalue weighted by Crippen LogP contribution is -2.48. The van der Waals surface area contributed by atoms with Crippen LogP contribution in [0.2, 0.25) is 0 Å². The number of amides is 1. The Balaban J connectivity index is 2.17. The van der Waals surface area contributed by atoms with Crippen LogP contribution in [0.1, 0.15) is 35.7 Å². The third-order valence-corrected chi connectivity index (χ3v) is 4.45. The number of hydrogen-bond donors (Lipinski definition) is 1. The zero-order valence-corrected chi connectivity index (χ0v) is 11.4. The average molecular weight is 267 g/mol. The molecule has 1 aromatic heterocycles. The van der Waals surface area contributed by atoms with Crippen LogP contribution in [-0.2, 0) is 4.79 Å². The summed E-state index contributed by atoms with van der Waals surface area (Å²) in [6.07, 6.45) is 1.38. The van der Waals surface area contributed by atoms with Gasteiger partial charge in [0, 0.05) is 18.5 Å². The molecule has 1 aromatic rings. The Morgan fingerprint density at radius 3 is 2.72 bits per heavy atom. The fourth-order valence-electron chi connectivity index (χ4n) is 2.34. The van der Waals surface area contributed by atoms with Crippen LogP contribution in [0.5, 0.6) is 0 Å². The second-order valence-electron chi connectivity index (χ2n) is 5.16. The van der Waals surface area contributed by atoms with Gasteiger partial charge >= 0.3 is 5.97 Å². The van der Waals surface area contributed by atoms with Gasteiger partial charge in [0.15, 0.2) is 0 Å². The van der Waals surface area contributed by atoms with Crippen molar-refractivity contribution < 1.29 is 14.7 Å². The first-order chi connectivity index (χ1) is 8.44. The highest BCUT2D eigenvalue weighted by atomic mass is 32.1. The molecule has 1 amide bonds. The van der Waals surface area contributed by atoms with E-state index in [1.807, 2.05) is 17.7 Å². The first-order valence-electron chi connectivity index (χ1n) is 5.99. The Labute approximate surface area is 110 Å². The number of likely N-dealkylation sites (tertiary alicyclic amines) is 1. The number of hydrogen-bond acceptors (Lipinski definition) is 3. The summed E-state index contributed by atoms with van der Waals surface area (Å²) in [5.41, 5.74) is 0.861. The third kappa shape index (κ3) is 2.27. The predicted octanol–water partition coefficient (Wildman–Crippen LogP) is 2.38. The molecule has 2 heterocycles. The van der Waals surface area contributed by atoms with Crippen molar-refractivity contribution in [1.29, 1.82) is 0 Å². The van der Waals surface area contributed by atoms with Gasteiger partial charge in [-0.05, 0) is 37.6 Å². The lowest BCUT2D eigenvalue weighted by molar-refractivity contribution is -0.150. The molecule has 5 heteroatoms. The van der Waals surface area contributed by atoms with Gasteiger partial charge in [-0.15, -0.1) is 0 Å². The molecule has 1 atom stereocenters. The van der Waals surface area contributed by atoms with Gasteiger partial charge in [-0.3, -0.25) is 9.59 Å². The van der Waals surface area contributed by atoms with Gasteiger partial charge in [-0.2, -0.15) is 11.3 Å². The van der Waals surface area contributed by atoms with E-state index in [0.29, 0.717) is 25.1 Å². The number of carbonyl (C=O) groups is 2. The maximum Gasteiger partial charge on any atom is 0.311 e. The van der Waals surface area contributed by atoms with Crippen molar-refractivity contribution in [3.05, 3.63) is 21.9 Å². The molecule has 98 valence electrons. The zero-order chi connectivity index (χ0) is 13.3. The molecular formula is C13H17NO3S. The highest BCUT2D eigenvalue weighted by Gasteiger charge is 2.39. The first kappa shape index (κ1) is 13.1. The monoisotopic (exact) mass is 267 g/mol. The van der Waals surface area contributed by atoms with Gasteiger partial charge in [-0.25, -0.2) is 0 Å². The number of rotatable bonds is 2. The van der Waals surface area contributed by atoms with E-state index in [0.717, 1.165) is 12.0 Å². The average Bonchev–Trinajstić information content (AvgIpc) is 2.74. The maximum atomic E-state index is 12.3. The summed E-state index contributed by atoms with van der Waals surface area (Å²) < 4.78 is 0. The van der Waals surface area contributed by atoms with Gasteiger partial charge in [0.2, 0.25) is 0 Å². The van der Waals surface area contributed by atoms with Gasteiger partial charge in [0.05, 0.1) is 11.0 Å². The number of carboxylic acids is 1. The van der Waals surface area contributed by atoms with Crippen molar-refractivity contribution in [2.24, 2.45) is 5.41 Å². The number of piperidine rings is 1. The smallest absolute Gasteiger partial charge is 0.311 e. The molecule has 0 spiro atoms. The van der Waals surface area contributed by atoms with E-state index >= 15 is 0 Å². The summed E-state index contributed by atoms with van der Waals surface area (Å²) in [7, 11) is 0. The van der Waals surface area contributed by atoms with Crippen molar-refractivity contribution in [2.45, 2.75) is 26.7 Å². The van der Waals surface area contributed by atoms with Crippen LogP contribution >= 0.6 is 11.3 Å². The molecule has 1 saturated heterocycles. The number of nitrogens with zero attached hydrogens (tertiary/aromatic N) is 1. The molecule has 1 aliphatic heterocycles. The number of carbonyl (C=O) groups excluding carboxylic acids is 1. The Morgan fingerprint density at radius 1 is 1.44 bits per heavy atom.